The second kappa shape index (κ2) is 5.30. The van der Waals surface area contributed by atoms with Crippen LogP contribution in [-0.2, 0) is 4.79 Å². The molecule has 1 atom stereocenters. The lowest BCUT2D eigenvalue weighted by molar-refractivity contribution is -0.119. The van der Waals surface area contributed by atoms with Crippen molar-refractivity contribution < 1.29 is 4.79 Å². The molecule has 2 rings (SSSR count). The Balaban J connectivity index is 2.08. The second-order valence-electron chi connectivity index (χ2n) is 3.65. The van der Waals surface area contributed by atoms with Crippen LogP contribution in [0.2, 0.25) is 10.0 Å². The van der Waals surface area contributed by atoms with Crippen molar-refractivity contribution in [2.24, 2.45) is 5.92 Å². The van der Waals surface area contributed by atoms with Gasteiger partial charge in [0.05, 0.1) is 15.7 Å². The Hall–Kier alpha value is -0.380. The fourth-order valence-electron chi connectivity index (χ4n) is 1.58. The smallest absolute Gasteiger partial charge is 0.228 e. The van der Waals surface area contributed by atoms with Gasteiger partial charge < -0.3 is 5.32 Å². The molecule has 1 saturated heterocycles. The molecule has 16 heavy (non-hydrogen) atoms. The Labute approximate surface area is 109 Å². The molecule has 1 amide bonds. The quantitative estimate of drug-likeness (QED) is 0.892. The number of hydrogen-bond donors (Lipinski definition) is 1. The van der Waals surface area contributed by atoms with Gasteiger partial charge in [0, 0.05) is 11.7 Å². The fourth-order valence-corrected chi connectivity index (χ4v) is 3.14. The molecule has 2 nitrogen and oxygen atoms in total. The predicted octanol–water partition coefficient (Wildman–Crippen LogP) is 3.69. The highest BCUT2D eigenvalue weighted by Gasteiger charge is 2.23. The number of carbonyl (C=O) groups excluding carboxylic acids is 1. The van der Waals surface area contributed by atoms with E-state index in [0.717, 1.165) is 17.9 Å². The first-order valence-electron chi connectivity index (χ1n) is 5.01. The van der Waals surface area contributed by atoms with Crippen molar-refractivity contribution in [2.45, 2.75) is 6.42 Å². The van der Waals surface area contributed by atoms with Crippen molar-refractivity contribution in [3.05, 3.63) is 28.2 Å². The first-order valence-corrected chi connectivity index (χ1v) is 6.92. The molecule has 0 aliphatic carbocycles. The van der Waals surface area contributed by atoms with Crippen molar-refractivity contribution in [2.75, 3.05) is 16.8 Å². The van der Waals surface area contributed by atoms with Crippen molar-refractivity contribution in [1.29, 1.82) is 0 Å². The van der Waals surface area contributed by atoms with Crippen LogP contribution in [0.25, 0.3) is 0 Å². The molecule has 1 heterocycles. The van der Waals surface area contributed by atoms with Crippen LogP contribution in [0.3, 0.4) is 0 Å². The minimum atomic E-state index is 0.0363. The predicted molar refractivity (Wildman–Crippen MR) is 70.5 cm³/mol. The maximum absolute atomic E-state index is 11.9. The number of benzene rings is 1. The van der Waals surface area contributed by atoms with E-state index in [-0.39, 0.29) is 11.8 Å². The molecule has 0 aromatic heterocycles. The highest BCUT2D eigenvalue weighted by molar-refractivity contribution is 7.99. The summed E-state index contributed by atoms with van der Waals surface area (Å²) in [6, 6.07) is 5.23. The van der Waals surface area contributed by atoms with E-state index in [1.165, 1.54) is 0 Å². The monoisotopic (exact) mass is 275 g/mol. The average Bonchev–Trinajstić information content (AvgIpc) is 2.78. The number of anilines is 1. The summed E-state index contributed by atoms with van der Waals surface area (Å²) in [7, 11) is 0. The molecule has 86 valence electrons. The number of rotatable bonds is 2. The molecule has 0 spiro atoms. The summed E-state index contributed by atoms with van der Waals surface area (Å²) < 4.78 is 0. The van der Waals surface area contributed by atoms with Crippen LogP contribution in [-0.4, -0.2) is 17.4 Å². The molecular weight excluding hydrogens is 265 g/mol. The minimum Gasteiger partial charge on any atom is -0.324 e. The third kappa shape index (κ3) is 2.65. The van der Waals surface area contributed by atoms with Gasteiger partial charge in [-0.15, -0.1) is 0 Å². The van der Waals surface area contributed by atoms with Gasteiger partial charge in [-0.1, -0.05) is 29.3 Å². The molecule has 1 aromatic carbocycles. The van der Waals surface area contributed by atoms with Gasteiger partial charge in [0.25, 0.3) is 0 Å². The number of hydrogen-bond acceptors (Lipinski definition) is 2. The topological polar surface area (TPSA) is 29.1 Å². The Morgan fingerprint density at radius 3 is 2.94 bits per heavy atom. The molecule has 1 aliphatic rings. The molecule has 1 fully saturated rings. The number of thioether (sulfide) groups is 1. The summed E-state index contributed by atoms with van der Waals surface area (Å²) in [5.74, 6) is 2.08. The van der Waals surface area contributed by atoms with E-state index in [0.29, 0.717) is 15.7 Å². The van der Waals surface area contributed by atoms with Gasteiger partial charge >= 0.3 is 0 Å². The molecule has 0 bridgehead atoms. The maximum atomic E-state index is 11.9. The Morgan fingerprint density at radius 1 is 1.44 bits per heavy atom. The molecular formula is C11H11Cl2NOS. The molecule has 1 aromatic rings. The summed E-state index contributed by atoms with van der Waals surface area (Å²) in [6.07, 6.45) is 0.939. The number of halogens is 2. The van der Waals surface area contributed by atoms with Crippen LogP contribution < -0.4 is 5.32 Å². The van der Waals surface area contributed by atoms with Crippen molar-refractivity contribution >= 4 is 46.6 Å². The van der Waals surface area contributed by atoms with E-state index in [4.69, 9.17) is 23.2 Å². The van der Waals surface area contributed by atoms with Crippen LogP contribution in [0.1, 0.15) is 6.42 Å². The first-order chi connectivity index (χ1) is 7.68. The second-order valence-corrected chi connectivity index (χ2v) is 5.59. The standard InChI is InChI=1S/C11H11Cl2NOS/c12-8-2-1-3-9(10(8)13)14-11(15)7-4-5-16-6-7/h1-3,7H,4-6H2,(H,14,15). The summed E-state index contributed by atoms with van der Waals surface area (Å²) in [4.78, 5) is 11.9. The zero-order chi connectivity index (χ0) is 11.5. The summed E-state index contributed by atoms with van der Waals surface area (Å²) in [5.41, 5.74) is 0.594. The fraction of sp³-hybridized carbons (Fsp3) is 0.364. The molecule has 1 unspecified atom stereocenters. The summed E-state index contributed by atoms with van der Waals surface area (Å²) in [6.45, 7) is 0. The molecule has 5 heteroatoms. The van der Waals surface area contributed by atoms with E-state index >= 15 is 0 Å². The molecule has 0 saturated carbocycles. The number of amides is 1. The minimum absolute atomic E-state index is 0.0363. The zero-order valence-electron chi connectivity index (χ0n) is 8.50. The zero-order valence-corrected chi connectivity index (χ0v) is 10.8. The lowest BCUT2D eigenvalue weighted by atomic mass is 10.1. The highest BCUT2D eigenvalue weighted by Crippen LogP contribution is 2.31. The lowest BCUT2D eigenvalue weighted by Gasteiger charge is -2.11. The highest BCUT2D eigenvalue weighted by atomic mass is 35.5. The van der Waals surface area contributed by atoms with Gasteiger partial charge in [0.2, 0.25) is 5.91 Å². The van der Waals surface area contributed by atoms with Gasteiger partial charge in [-0.3, -0.25) is 4.79 Å². The number of nitrogens with one attached hydrogen (secondary N) is 1. The van der Waals surface area contributed by atoms with Gasteiger partial charge in [-0.25, -0.2) is 0 Å². The largest absolute Gasteiger partial charge is 0.324 e. The summed E-state index contributed by atoms with van der Waals surface area (Å²) in [5, 5.41) is 3.69. The first kappa shape index (κ1) is 12.1. The Kier molecular flexibility index (Phi) is 4.00. The van der Waals surface area contributed by atoms with E-state index in [1.54, 1.807) is 18.2 Å². The van der Waals surface area contributed by atoms with Crippen molar-refractivity contribution in [3.63, 3.8) is 0 Å². The third-order valence-electron chi connectivity index (χ3n) is 2.51. The Bertz CT molecular complexity index is 405. The van der Waals surface area contributed by atoms with E-state index in [2.05, 4.69) is 5.32 Å². The average molecular weight is 276 g/mol. The molecule has 1 aliphatic heterocycles. The normalized spacial score (nSPS) is 19.8. The van der Waals surface area contributed by atoms with Crippen LogP contribution >= 0.6 is 35.0 Å². The SMILES string of the molecule is O=C(Nc1cccc(Cl)c1Cl)C1CCSC1. The van der Waals surface area contributed by atoms with Crippen molar-refractivity contribution in [1.82, 2.24) is 0 Å². The van der Waals surface area contributed by atoms with Gasteiger partial charge in [-0.2, -0.15) is 11.8 Å². The van der Waals surface area contributed by atoms with E-state index < -0.39 is 0 Å². The van der Waals surface area contributed by atoms with Gasteiger partial charge in [0.15, 0.2) is 0 Å². The maximum Gasteiger partial charge on any atom is 0.228 e. The van der Waals surface area contributed by atoms with Crippen LogP contribution in [0.5, 0.6) is 0 Å². The van der Waals surface area contributed by atoms with E-state index in [9.17, 15) is 4.79 Å². The van der Waals surface area contributed by atoms with Crippen LogP contribution in [0.15, 0.2) is 18.2 Å². The Morgan fingerprint density at radius 2 is 2.25 bits per heavy atom. The third-order valence-corrected chi connectivity index (χ3v) is 4.49. The molecule has 1 N–H and O–H groups in total. The van der Waals surface area contributed by atoms with Gasteiger partial charge in [-0.05, 0) is 24.3 Å². The summed E-state index contributed by atoms with van der Waals surface area (Å²) >= 11 is 13.7. The molecule has 0 radical (unpaired) electrons. The van der Waals surface area contributed by atoms with Gasteiger partial charge in [0.1, 0.15) is 0 Å². The van der Waals surface area contributed by atoms with Crippen LogP contribution in [0, 0.1) is 5.92 Å². The lowest BCUT2D eigenvalue weighted by Crippen LogP contribution is -2.22. The number of carbonyl (C=O) groups is 1. The van der Waals surface area contributed by atoms with Crippen molar-refractivity contribution in [3.8, 4) is 0 Å². The van der Waals surface area contributed by atoms with E-state index in [1.807, 2.05) is 11.8 Å². The van der Waals surface area contributed by atoms with Crippen LogP contribution in [0.4, 0.5) is 5.69 Å².